The Morgan fingerprint density at radius 1 is 0.957 bits per heavy atom. The summed E-state index contributed by atoms with van der Waals surface area (Å²) in [5, 5.41) is 11.2. The molecule has 0 spiro atoms. The molecule has 0 heterocycles. The third-order valence-electron chi connectivity index (χ3n) is 4.63. The molecule has 5 heteroatoms. The molecule has 0 aliphatic carbocycles. The van der Waals surface area contributed by atoms with Gasteiger partial charge < -0.3 is 0 Å². The number of benzene rings is 2. The van der Waals surface area contributed by atoms with Crippen LogP contribution in [0.25, 0.3) is 0 Å². The van der Waals surface area contributed by atoms with E-state index in [9.17, 15) is 14.9 Å². The van der Waals surface area contributed by atoms with Gasteiger partial charge in [-0.05, 0) is 68.5 Å². The van der Waals surface area contributed by atoms with Crippen LogP contribution in [0.4, 0.5) is 5.69 Å². The lowest BCUT2D eigenvalue weighted by molar-refractivity contribution is -0.384. The van der Waals surface area contributed by atoms with Crippen molar-refractivity contribution in [3.63, 3.8) is 0 Å². The average molecular weight is 332 g/mol. The summed E-state index contributed by atoms with van der Waals surface area (Å²) < 4.78 is 0. The maximum absolute atomic E-state index is 13.0. The topological polar surface area (TPSA) is 60.2 Å². The first kappa shape index (κ1) is 17.2. The molecule has 0 aromatic heterocycles. The molecule has 0 amide bonds. The first-order valence-electron chi connectivity index (χ1n) is 7.22. The fourth-order valence-corrected chi connectivity index (χ4v) is 2.98. The van der Waals surface area contributed by atoms with Gasteiger partial charge in [0, 0.05) is 23.3 Å². The molecule has 0 saturated heterocycles. The fourth-order valence-electron chi connectivity index (χ4n) is 2.78. The Hall–Kier alpha value is -2.20. The Kier molecular flexibility index (Phi) is 4.57. The zero-order chi connectivity index (χ0) is 17.5. The highest BCUT2D eigenvalue weighted by Gasteiger charge is 2.23. The summed E-state index contributed by atoms with van der Waals surface area (Å²) in [6, 6.07) is 3.93. The molecule has 23 heavy (non-hydrogen) atoms. The van der Waals surface area contributed by atoms with Crippen molar-refractivity contribution in [3.05, 3.63) is 72.3 Å². The van der Waals surface area contributed by atoms with Gasteiger partial charge in [0.25, 0.3) is 5.69 Å². The minimum Gasteiger partial charge on any atom is -0.289 e. The summed E-state index contributed by atoms with van der Waals surface area (Å²) in [4.78, 5) is 23.4. The van der Waals surface area contributed by atoms with Gasteiger partial charge in [-0.15, -0.1) is 0 Å². The number of nitrogens with zero attached hydrogens (tertiary/aromatic N) is 1. The van der Waals surface area contributed by atoms with Crippen LogP contribution in [0.3, 0.4) is 0 Å². The third-order valence-corrected chi connectivity index (χ3v) is 4.96. The van der Waals surface area contributed by atoms with Crippen molar-refractivity contribution < 1.29 is 9.72 Å². The maximum atomic E-state index is 13.0. The molecule has 0 N–H and O–H groups in total. The maximum Gasteiger partial charge on any atom is 0.270 e. The van der Waals surface area contributed by atoms with Crippen molar-refractivity contribution >= 4 is 23.1 Å². The number of hydrogen-bond donors (Lipinski definition) is 0. The number of rotatable bonds is 3. The third kappa shape index (κ3) is 2.86. The first-order chi connectivity index (χ1) is 10.7. The highest BCUT2D eigenvalue weighted by molar-refractivity contribution is 6.35. The van der Waals surface area contributed by atoms with Crippen molar-refractivity contribution in [2.45, 2.75) is 34.6 Å². The van der Waals surface area contributed by atoms with Crippen LogP contribution >= 0.6 is 11.6 Å². The molecule has 120 valence electrons. The van der Waals surface area contributed by atoms with Gasteiger partial charge in [0.2, 0.25) is 0 Å². The van der Waals surface area contributed by atoms with Crippen molar-refractivity contribution in [1.82, 2.24) is 0 Å². The second-order valence-corrected chi connectivity index (χ2v) is 6.16. The Balaban J connectivity index is 2.72. The summed E-state index contributed by atoms with van der Waals surface area (Å²) in [7, 11) is 0. The van der Waals surface area contributed by atoms with Gasteiger partial charge in [0.05, 0.1) is 9.95 Å². The molecule has 0 atom stereocenters. The van der Waals surface area contributed by atoms with E-state index in [1.807, 2.05) is 34.6 Å². The molecule has 2 aromatic carbocycles. The summed E-state index contributed by atoms with van der Waals surface area (Å²) in [5.41, 5.74) is 5.63. The number of hydrogen-bond acceptors (Lipinski definition) is 3. The van der Waals surface area contributed by atoms with E-state index in [2.05, 4.69) is 0 Å². The molecule has 0 bridgehead atoms. The molecule has 0 fully saturated rings. The van der Waals surface area contributed by atoms with E-state index in [1.54, 1.807) is 0 Å². The van der Waals surface area contributed by atoms with Gasteiger partial charge >= 0.3 is 0 Å². The van der Waals surface area contributed by atoms with E-state index in [1.165, 1.54) is 18.2 Å². The predicted molar refractivity (Wildman–Crippen MR) is 91.7 cm³/mol. The van der Waals surface area contributed by atoms with E-state index < -0.39 is 4.92 Å². The van der Waals surface area contributed by atoms with E-state index in [0.717, 1.165) is 27.8 Å². The first-order valence-corrected chi connectivity index (χ1v) is 7.60. The quantitative estimate of drug-likeness (QED) is 0.450. The number of nitro benzene ring substituents is 1. The van der Waals surface area contributed by atoms with E-state index in [-0.39, 0.29) is 22.1 Å². The zero-order valence-electron chi connectivity index (χ0n) is 13.8. The largest absolute Gasteiger partial charge is 0.289 e. The fraction of sp³-hybridized carbons (Fsp3) is 0.278. The summed E-state index contributed by atoms with van der Waals surface area (Å²) in [6.07, 6.45) is 0. The van der Waals surface area contributed by atoms with E-state index in [0.29, 0.717) is 5.56 Å². The van der Waals surface area contributed by atoms with Crippen LogP contribution in [0.1, 0.15) is 43.7 Å². The van der Waals surface area contributed by atoms with Crippen molar-refractivity contribution in [3.8, 4) is 0 Å². The number of halogens is 1. The molecule has 0 unspecified atom stereocenters. The van der Waals surface area contributed by atoms with Crippen LogP contribution in [0, 0.1) is 44.7 Å². The summed E-state index contributed by atoms with van der Waals surface area (Å²) >= 11 is 6.12. The number of non-ortho nitro benzene ring substituents is 1. The number of ketones is 1. The standard InChI is InChI=1S/C18H18ClNO3/c1-9-10(2)12(4)17(13(5)11(9)3)18(21)15-8-14(20(22)23)6-7-16(15)19/h6-8H,1-5H3. The zero-order valence-corrected chi connectivity index (χ0v) is 14.5. The highest BCUT2D eigenvalue weighted by Crippen LogP contribution is 2.31. The van der Waals surface area contributed by atoms with Crippen LogP contribution < -0.4 is 0 Å². The smallest absolute Gasteiger partial charge is 0.270 e. The highest BCUT2D eigenvalue weighted by atomic mass is 35.5. The summed E-state index contributed by atoms with van der Waals surface area (Å²) in [6.45, 7) is 9.77. The molecule has 2 aromatic rings. The monoisotopic (exact) mass is 331 g/mol. The summed E-state index contributed by atoms with van der Waals surface area (Å²) in [5.74, 6) is -0.278. The molecule has 0 aliphatic rings. The Bertz CT molecular complexity index is 812. The second-order valence-electron chi connectivity index (χ2n) is 5.75. The minimum absolute atomic E-state index is 0.145. The van der Waals surface area contributed by atoms with E-state index in [4.69, 9.17) is 11.6 Å². The number of carbonyl (C=O) groups excluding carboxylic acids is 1. The molecular formula is C18H18ClNO3. The molecule has 2 rings (SSSR count). The normalized spacial score (nSPS) is 10.7. The lowest BCUT2D eigenvalue weighted by Crippen LogP contribution is -2.11. The molecule has 0 radical (unpaired) electrons. The van der Waals surface area contributed by atoms with Gasteiger partial charge in [-0.1, -0.05) is 11.6 Å². The Morgan fingerprint density at radius 2 is 1.43 bits per heavy atom. The van der Waals surface area contributed by atoms with Gasteiger partial charge in [-0.2, -0.15) is 0 Å². The van der Waals surface area contributed by atoms with Gasteiger partial charge in [0.15, 0.2) is 5.78 Å². The van der Waals surface area contributed by atoms with Crippen molar-refractivity contribution in [2.75, 3.05) is 0 Å². The number of nitro groups is 1. The average Bonchev–Trinajstić information content (AvgIpc) is 2.51. The van der Waals surface area contributed by atoms with Gasteiger partial charge in [-0.25, -0.2) is 0 Å². The Labute approximate surface area is 140 Å². The van der Waals surface area contributed by atoms with Gasteiger partial charge in [-0.3, -0.25) is 14.9 Å². The SMILES string of the molecule is Cc1c(C)c(C)c(C(=O)c2cc([N+](=O)[O-])ccc2Cl)c(C)c1C. The predicted octanol–water partition coefficient (Wildman–Crippen LogP) is 5.02. The molecular weight excluding hydrogens is 314 g/mol. The van der Waals surface area contributed by atoms with Crippen LogP contribution in [-0.4, -0.2) is 10.7 Å². The minimum atomic E-state index is -0.529. The lowest BCUT2D eigenvalue weighted by Gasteiger charge is -2.18. The van der Waals surface area contributed by atoms with Crippen molar-refractivity contribution in [2.24, 2.45) is 0 Å². The Morgan fingerprint density at radius 3 is 1.91 bits per heavy atom. The lowest BCUT2D eigenvalue weighted by atomic mass is 9.86. The molecule has 4 nitrogen and oxygen atoms in total. The van der Waals surface area contributed by atoms with Crippen LogP contribution in [-0.2, 0) is 0 Å². The van der Waals surface area contributed by atoms with Crippen LogP contribution in [0.5, 0.6) is 0 Å². The van der Waals surface area contributed by atoms with Crippen LogP contribution in [0.15, 0.2) is 18.2 Å². The molecule has 0 aliphatic heterocycles. The van der Waals surface area contributed by atoms with Crippen molar-refractivity contribution in [1.29, 1.82) is 0 Å². The van der Waals surface area contributed by atoms with Gasteiger partial charge in [0.1, 0.15) is 0 Å². The van der Waals surface area contributed by atoms with E-state index >= 15 is 0 Å². The van der Waals surface area contributed by atoms with Crippen LogP contribution in [0.2, 0.25) is 5.02 Å². The number of carbonyl (C=O) groups is 1. The molecule has 0 saturated carbocycles. The second kappa shape index (κ2) is 6.13.